The lowest BCUT2D eigenvalue weighted by Crippen LogP contribution is -2.20. The second kappa shape index (κ2) is 6.76. The highest BCUT2D eigenvalue weighted by Crippen LogP contribution is 2.15. The maximum atomic E-state index is 11.6. The summed E-state index contributed by atoms with van der Waals surface area (Å²) in [5, 5.41) is 3.19. The Kier molecular flexibility index (Phi) is 5.30. The lowest BCUT2D eigenvalue weighted by molar-refractivity contribution is -0.119. The third-order valence-electron chi connectivity index (χ3n) is 2.12. The molecule has 0 heterocycles. The number of hydrogen-bond donors (Lipinski definition) is 1. The fourth-order valence-electron chi connectivity index (χ4n) is 1.22. The molecule has 17 heavy (non-hydrogen) atoms. The largest absolute Gasteiger partial charge is 0.495 e. The minimum absolute atomic E-state index is 0.158. The molecular weight excluding hydrogens is 238 g/mol. The standard InChI is InChI=1S/C13H14ClNO2/c1-3-11(17-2)9-15-13(16)8-10-6-4-5-7-12(10)14/h3-7,9H,1,8H2,2H3,(H,15,16)/b11-9-. The number of allylic oxidation sites excluding steroid dienone is 1. The number of halogens is 1. The van der Waals surface area contributed by atoms with Crippen LogP contribution in [0.25, 0.3) is 0 Å². The first-order chi connectivity index (χ1) is 8.17. The van der Waals surface area contributed by atoms with Crippen molar-refractivity contribution in [2.24, 2.45) is 0 Å². The smallest absolute Gasteiger partial charge is 0.228 e. The van der Waals surface area contributed by atoms with Crippen molar-refractivity contribution in [2.45, 2.75) is 6.42 Å². The third-order valence-corrected chi connectivity index (χ3v) is 2.49. The van der Waals surface area contributed by atoms with Crippen LogP contribution >= 0.6 is 11.6 Å². The number of carbonyl (C=O) groups excluding carboxylic acids is 1. The van der Waals surface area contributed by atoms with Gasteiger partial charge in [0.15, 0.2) is 0 Å². The topological polar surface area (TPSA) is 38.3 Å². The van der Waals surface area contributed by atoms with Crippen molar-refractivity contribution in [3.8, 4) is 0 Å². The molecule has 0 aliphatic rings. The van der Waals surface area contributed by atoms with Crippen molar-refractivity contribution in [1.82, 2.24) is 5.32 Å². The van der Waals surface area contributed by atoms with Crippen LogP contribution in [0.15, 0.2) is 48.9 Å². The van der Waals surface area contributed by atoms with E-state index in [1.54, 1.807) is 6.07 Å². The van der Waals surface area contributed by atoms with Gasteiger partial charge in [-0.1, -0.05) is 36.4 Å². The van der Waals surface area contributed by atoms with Crippen LogP contribution in [0.1, 0.15) is 5.56 Å². The maximum Gasteiger partial charge on any atom is 0.228 e. The number of nitrogens with one attached hydrogen (secondary N) is 1. The van der Waals surface area contributed by atoms with Crippen molar-refractivity contribution >= 4 is 17.5 Å². The van der Waals surface area contributed by atoms with Gasteiger partial charge < -0.3 is 10.1 Å². The van der Waals surface area contributed by atoms with E-state index in [2.05, 4.69) is 11.9 Å². The van der Waals surface area contributed by atoms with Gasteiger partial charge in [-0.05, 0) is 17.7 Å². The molecule has 0 fully saturated rings. The van der Waals surface area contributed by atoms with Gasteiger partial charge in [-0.3, -0.25) is 4.79 Å². The second-order valence-corrected chi connectivity index (χ2v) is 3.70. The average molecular weight is 252 g/mol. The summed E-state index contributed by atoms with van der Waals surface area (Å²) >= 11 is 5.95. The van der Waals surface area contributed by atoms with E-state index in [4.69, 9.17) is 16.3 Å². The average Bonchev–Trinajstić information content (AvgIpc) is 2.33. The third kappa shape index (κ3) is 4.33. The predicted octanol–water partition coefficient (Wildman–Crippen LogP) is 2.67. The highest BCUT2D eigenvalue weighted by atomic mass is 35.5. The summed E-state index contributed by atoms with van der Waals surface area (Å²) in [4.78, 5) is 11.6. The van der Waals surface area contributed by atoms with Crippen molar-refractivity contribution < 1.29 is 9.53 Å². The molecule has 0 aliphatic heterocycles. The minimum atomic E-state index is -0.158. The fraction of sp³-hybridized carbons (Fsp3) is 0.154. The number of rotatable bonds is 5. The van der Waals surface area contributed by atoms with Crippen molar-refractivity contribution in [3.05, 3.63) is 59.5 Å². The Bertz CT molecular complexity index is 441. The molecule has 0 saturated heterocycles. The van der Waals surface area contributed by atoms with Crippen molar-refractivity contribution in [1.29, 1.82) is 0 Å². The summed E-state index contributed by atoms with van der Waals surface area (Å²) < 4.78 is 4.93. The Morgan fingerprint density at radius 3 is 2.82 bits per heavy atom. The molecule has 0 atom stereocenters. The Morgan fingerprint density at radius 1 is 1.53 bits per heavy atom. The van der Waals surface area contributed by atoms with Crippen LogP contribution in [-0.4, -0.2) is 13.0 Å². The number of amides is 1. The first kappa shape index (κ1) is 13.3. The second-order valence-electron chi connectivity index (χ2n) is 3.29. The highest BCUT2D eigenvalue weighted by Gasteiger charge is 2.05. The molecule has 1 aromatic rings. The molecule has 0 radical (unpaired) electrons. The molecule has 0 aliphatic carbocycles. The van der Waals surface area contributed by atoms with Crippen LogP contribution in [-0.2, 0) is 16.0 Å². The van der Waals surface area contributed by atoms with Gasteiger partial charge in [-0.2, -0.15) is 0 Å². The molecule has 1 N–H and O–H groups in total. The first-order valence-corrected chi connectivity index (χ1v) is 5.44. The van der Waals surface area contributed by atoms with Gasteiger partial charge in [0.1, 0.15) is 5.76 Å². The molecule has 0 bridgehead atoms. The Balaban J connectivity index is 2.59. The van der Waals surface area contributed by atoms with Gasteiger partial charge >= 0.3 is 0 Å². The Morgan fingerprint density at radius 2 is 2.24 bits per heavy atom. The van der Waals surface area contributed by atoms with Crippen LogP contribution in [0, 0.1) is 0 Å². The van der Waals surface area contributed by atoms with Crippen LogP contribution in [0.3, 0.4) is 0 Å². The zero-order valence-electron chi connectivity index (χ0n) is 9.57. The zero-order chi connectivity index (χ0) is 12.7. The van der Waals surface area contributed by atoms with E-state index in [1.807, 2.05) is 18.2 Å². The van der Waals surface area contributed by atoms with Crippen LogP contribution in [0.2, 0.25) is 5.02 Å². The maximum absolute atomic E-state index is 11.6. The monoisotopic (exact) mass is 251 g/mol. The quantitative estimate of drug-likeness (QED) is 0.645. The van der Waals surface area contributed by atoms with Gasteiger partial charge in [-0.25, -0.2) is 0 Å². The van der Waals surface area contributed by atoms with E-state index >= 15 is 0 Å². The molecule has 1 rings (SSSR count). The van der Waals surface area contributed by atoms with Crippen molar-refractivity contribution in [3.63, 3.8) is 0 Å². The van der Waals surface area contributed by atoms with E-state index in [0.717, 1.165) is 5.56 Å². The molecule has 0 spiro atoms. The van der Waals surface area contributed by atoms with E-state index in [-0.39, 0.29) is 12.3 Å². The van der Waals surface area contributed by atoms with Gasteiger partial charge in [0.25, 0.3) is 0 Å². The summed E-state index contributed by atoms with van der Waals surface area (Å²) in [7, 11) is 1.51. The molecule has 3 nitrogen and oxygen atoms in total. The van der Waals surface area contributed by atoms with E-state index in [9.17, 15) is 4.79 Å². The lowest BCUT2D eigenvalue weighted by Gasteiger charge is -2.04. The predicted molar refractivity (Wildman–Crippen MR) is 68.6 cm³/mol. The molecular formula is C13H14ClNO2. The summed E-state index contributed by atoms with van der Waals surface area (Å²) in [6, 6.07) is 7.24. The molecule has 90 valence electrons. The molecule has 4 heteroatoms. The first-order valence-electron chi connectivity index (χ1n) is 5.06. The lowest BCUT2D eigenvalue weighted by atomic mass is 10.1. The van der Waals surface area contributed by atoms with Crippen molar-refractivity contribution in [2.75, 3.05) is 7.11 Å². The molecule has 0 unspecified atom stereocenters. The highest BCUT2D eigenvalue weighted by molar-refractivity contribution is 6.31. The Labute approximate surface area is 106 Å². The van der Waals surface area contributed by atoms with Gasteiger partial charge in [-0.15, -0.1) is 0 Å². The molecule has 0 saturated carbocycles. The number of hydrogen-bond acceptors (Lipinski definition) is 2. The fourth-order valence-corrected chi connectivity index (χ4v) is 1.42. The summed E-state index contributed by atoms with van der Waals surface area (Å²) in [5.74, 6) is 0.340. The minimum Gasteiger partial charge on any atom is -0.495 e. The van der Waals surface area contributed by atoms with E-state index < -0.39 is 0 Å². The molecule has 1 aromatic carbocycles. The van der Waals surface area contributed by atoms with Gasteiger partial charge in [0.05, 0.1) is 13.5 Å². The Hall–Kier alpha value is -1.74. The zero-order valence-corrected chi connectivity index (χ0v) is 10.3. The van der Waals surface area contributed by atoms with Crippen LogP contribution < -0.4 is 5.32 Å². The summed E-state index contributed by atoms with van der Waals surface area (Å²) in [6.45, 7) is 3.54. The van der Waals surface area contributed by atoms with E-state index in [1.165, 1.54) is 19.4 Å². The number of methoxy groups -OCH3 is 1. The number of ether oxygens (including phenoxy) is 1. The summed E-state index contributed by atoms with van der Waals surface area (Å²) in [5.41, 5.74) is 0.789. The number of carbonyl (C=O) groups is 1. The van der Waals surface area contributed by atoms with Crippen LogP contribution in [0.5, 0.6) is 0 Å². The van der Waals surface area contributed by atoms with E-state index in [0.29, 0.717) is 10.8 Å². The van der Waals surface area contributed by atoms with Gasteiger partial charge in [0, 0.05) is 11.2 Å². The molecule has 0 aromatic heterocycles. The van der Waals surface area contributed by atoms with Crippen LogP contribution in [0.4, 0.5) is 0 Å². The SMILES string of the molecule is C=C/C(=C/NC(=O)Cc1ccccc1Cl)OC. The molecule has 1 amide bonds. The number of benzene rings is 1. The van der Waals surface area contributed by atoms with Gasteiger partial charge in [0.2, 0.25) is 5.91 Å². The normalized spacial score (nSPS) is 10.8. The summed E-state index contributed by atoms with van der Waals surface area (Å²) in [6.07, 6.45) is 3.20.